The van der Waals surface area contributed by atoms with E-state index in [0.29, 0.717) is 17.4 Å². The summed E-state index contributed by atoms with van der Waals surface area (Å²) < 4.78 is 34.3. The standard InChI is InChI=1S/C66H124NO8P/c1-6-8-10-12-14-16-18-20-22-24-26-27-28-29-30-31-32-33-34-35-36-37-38-39-41-43-45-47-49-51-53-55-57-59-66(69)75-64(63-74-76(70,71)73-61-60-67(3,4)5)62-72-65(68)58-56-54-52-50-48-46-44-42-40-25-23-21-19-17-15-13-11-9-7-2/h8,10,14,16,20,22,26-27,64H,6-7,9,11-13,15,17-19,21,23-25,28-63H2,1-5H3/b10-8-,16-14-,22-20-,27-26-. The average molecular weight is 1090 g/mol. The molecule has 0 aromatic heterocycles. The van der Waals surface area contributed by atoms with E-state index >= 15 is 0 Å². The number of unbranched alkanes of at least 4 members (excludes halogenated alkanes) is 38. The third-order valence-electron chi connectivity index (χ3n) is 14.4. The van der Waals surface area contributed by atoms with Crippen LogP contribution in [0.2, 0.25) is 0 Å². The lowest BCUT2D eigenvalue weighted by Gasteiger charge is -2.28. The molecular weight excluding hydrogens is 966 g/mol. The highest BCUT2D eigenvalue weighted by Crippen LogP contribution is 2.38. The zero-order chi connectivity index (χ0) is 55.6. The van der Waals surface area contributed by atoms with Crippen LogP contribution in [0.25, 0.3) is 0 Å². The first-order valence-electron chi connectivity index (χ1n) is 32.3. The molecule has 0 aliphatic rings. The molecule has 2 atom stereocenters. The SMILES string of the molecule is CC/C=C\C/C=C\C/C=C\C/C=C\CCCCCCCCCCCCCCCCCCCCCCC(=O)OC(COC(=O)CCCCCCCCCCCCCCCCCCCCC)COP(=O)([O-])OCC[N+](C)(C)C. The summed E-state index contributed by atoms with van der Waals surface area (Å²) in [6, 6.07) is 0. The van der Waals surface area contributed by atoms with Crippen molar-refractivity contribution in [3.05, 3.63) is 48.6 Å². The summed E-state index contributed by atoms with van der Waals surface area (Å²) in [4.78, 5) is 38.0. The number of likely N-dealkylation sites (N-methyl/N-ethyl adjacent to an activating group) is 1. The molecule has 9 nitrogen and oxygen atoms in total. The summed E-state index contributed by atoms with van der Waals surface area (Å²) in [7, 11) is 1.18. The maximum atomic E-state index is 12.8. The first kappa shape index (κ1) is 74.0. The molecule has 0 rings (SSSR count). The lowest BCUT2D eigenvalue weighted by molar-refractivity contribution is -0.870. The summed E-state index contributed by atoms with van der Waals surface area (Å²) in [6.07, 6.45) is 73.2. The molecule has 10 heteroatoms. The Kier molecular flexibility index (Phi) is 56.1. The van der Waals surface area contributed by atoms with Crippen molar-refractivity contribution in [2.24, 2.45) is 0 Å². The fourth-order valence-corrected chi connectivity index (χ4v) is 10.1. The molecule has 0 amide bonds. The summed E-state index contributed by atoms with van der Waals surface area (Å²) in [5.41, 5.74) is 0. The Bertz CT molecular complexity index is 1420. The molecule has 0 saturated carbocycles. The molecule has 0 bridgehead atoms. The smallest absolute Gasteiger partial charge is 0.306 e. The number of allylic oxidation sites excluding steroid dienone is 8. The average Bonchev–Trinajstić information content (AvgIpc) is 3.38. The fraction of sp³-hybridized carbons (Fsp3) is 0.848. The van der Waals surface area contributed by atoms with Crippen molar-refractivity contribution in [2.75, 3.05) is 47.5 Å². The highest BCUT2D eigenvalue weighted by atomic mass is 31.2. The zero-order valence-corrected chi connectivity index (χ0v) is 51.6. The number of phosphoric ester groups is 1. The van der Waals surface area contributed by atoms with Crippen molar-refractivity contribution in [2.45, 2.75) is 315 Å². The van der Waals surface area contributed by atoms with Crippen molar-refractivity contribution in [3.63, 3.8) is 0 Å². The molecule has 0 heterocycles. The summed E-state index contributed by atoms with van der Waals surface area (Å²) in [5, 5.41) is 0. The molecule has 2 unspecified atom stereocenters. The van der Waals surface area contributed by atoms with Gasteiger partial charge >= 0.3 is 11.9 Å². The van der Waals surface area contributed by atoms with Gasteiger partial charge in [0.2, 0.25) is 0 Å². The van der Waals surface area contributed by atoms with Crippen LogP contribution >= 0.6 is 7.82 Å². The van der Waals surface area contributed by atoms with Crippen molar-refractivity contribution in [1.82, 2.24) is 0 Å². The Morgan fingerprint density at radius 1 is 0.421 bits per heavy atom. The Balaban J connectivity index is 4.00. The quantitative estimate of drug-likeness (QED) is 0.0195. The number of carbonyl (C=O) groups excluding carboxylic acids is 2. The number of carbonyl (C=O) groups is 2. The molecule has 0 N–H and O–H groups in total. The largest absolute Gasteiger partial charge is 0.756 e. The van der Waals surface area contributed by atoms with E-state index in [1.165, 1.54) is 218 Å². The second kappa shape index (κ2) is 57.6. The normalized spacial score (nSPS) is 13.5. The topological polar surface area (TPSA) is 111 Å². The second-order valence-corrected chi connectivity index (χ2v) is 24.5. The third-order valence-corrected chi connectivity index (χ3v) is 15.3. The minimum atomic E-state index is -4.63. The maximum absolute atomic E-state index is 12.8. The predicted molar refractivity (Wildman–Crippen MR) is 324 cm³/mol. The zero-order valence-electron chi connectivity index (χ0n) is 50.7. The van der Waals surface area contributed by atoms with Crippen LogP contribution in [0.3, 0.4) is 0 Å². The minimum Gasteiger partial charge on any atom is -0.756 e. The predicted octanol–water partition coefficient (Wildman–Crippen LogP) is 19.9. The maximum Gasteiger partial charge on any atom is 0.306 e. The van der Waals surface area contributed by atoms with Gasteiger partial charge in [-0.15, -0.1) is 0 Å². The van der Waals surface area contributed by atoms with Crippen LogP contribution in [0.1, 0.15) is 309 Å². The molecule has 0 aromatic carbocycles. The monoisotopic (exact) mass is 1090 g/mol. The van der Waals surface area contributed by atoms with E-state index in [1.54, 1.807) is 0 Å². The Morgan fingerprint density at radius 2 is 0.750 bits per heavy atom. The number of rotatable bonds is 60. The van der Waals surface area contributed by atoms with Crippen LogP contribution in [0.5, 0.6) is 0 Å². The molecule has 446 valence electrons. The van der Waals surface area contributed by atoms with E-state index in [2.05, 4.69) is 62.5 Å². The highest BCUT2D eigenvalue weighted by Gasteiger charge is 2.22. The first-order chi connectivity index (χ1) is 37.0. The van der Waals surface area contributed by atoms with E-state index in [9.17, 15) is 19.0 Å². The van der Waals surface area contributed by atoms with Gasteiger partial charge in [0.15, 0.2) is 6.10 Å². The van der Waals surface area contributed by atoms with Gasteiger partial charge in [0.1, 0.15) is 19.8 Å². The number of hydrogen-bond donors (Lipinski definition) is 0. The van der Waals surface area contributed by atoms with Gasteiger partial charge < -0.3 is 27.9 Å². The van der Waals surface area contributed by atoms with E-state index in [-0.39, 0.29) is 32.0 Å². The number of quaternary nitrogens is 1. The first-order valence-corrected chi connectivity index (χ1v) is 33.8. The van der Waals surface area contributed by atoms with E-state index in [4.69, 9.17) is 18.5 Å². The molecule has 0 saturated heterocycles. The molecule has 0 aromatic rings. The van der Waals surface area contributed by atoms with Gasteiger partial charge in [-0.1, -0.05) is 294 Å². The number of hydrogen-bond acceptors (Lipinski definition) is 8. The van der Waals surface area contributed by atoms with E-state index < -0.39 is 26.5 Å². The molecule has 0 aliphatic carbocycles. The number of nitrogens with zero attached hydrogens (tertiary/aromatic N) is 1. The molecule has 0 radical (unpaired) electrons. The van der Waals surface area contributed by atoms with Crippen molar-refractivity contribution < 1.29 is 42.1 Å². The van der Waals surface area contributed by atoms with Crippen molar-refractivity contribution in [1.29, 1.82) is 0 Å². The van der Waals surface area contributed by atoms with Crippen LogP contribution < -0.4 is 4.89 Å². The minimum absolute atomic E-state index is 0.0281. The summed E-state index contributed by atoms with van der Waals surface area (Å²) >= 11 is 0. The molecule has 76 heavy (non-hydrogen) atoms. The number of esters is 2. The Morgan fingerprint density at radius 3 is 1.12 bits per heavy atom. The molecule has 0 fully saturated rings. The van der Waals surface area contributed by atoms with E-state index in [0.717, 1.165) is 57.8 Å². The van der Waals surface area contributed by atoms with Crippen LogP contribution in [0.15, 0.2) is 48.6 Å². The third kappa shape index (κ3) is 61.2. The van der Waals surface area contributed by atoms with Crippen molar-refractivity contribution in [3.8, 4) is 0 Å². The Hall–Kier alpha value is -2.03. The van der Waals surface area contributed by atoms with Gasteiger partial charge in [0.05, 0.1) is 27.7 Å². The van der Waals surface area contributed by atoms with Gasteiger partial charge in [-0.05, 0) is 51.4 Å². The van der Waals surface area contributed by atoms with Crippen LogP contribution in [0.4, 0.5) is 0 Å². The van der Waals surface area contributed by atoms with Gasteiger partial charge in [-0.3, -0.25) is 14.2 Å². The number of ether oxygens (including phenoxy) is 2. The number of phosphoric acid groups is 1. The summed E-state index contributed by atoms with van der Waals surface area (Å²) in [6.45, 7) is 4.18. The lowest BCUT2D eigenvalue weighted by atomic mass is 10.0. The second-order valence-electron chi connectivity index (χ2n) is 23.1. The van der Waals surface area contributed by atoms with Gasteiger partial charge in [0, 0.05) is 12.8 Å². The summed E-state index contributed by atoms with van der Waals surface area (Å²) in [5.74, 6) is -0.814. The molecule has 0 spiro atoms. The molecule has 0 aliphatic heterocycles. The van der Waals surface area contributed by atoms with Gasteiger partial charge in [0.25, 0.3) is 7.82 Å². The van der Waals surface area contributed by atoms with Gasteiger partial charge in [-0.2, -0.15) is 0 Å². The van der Waals surface area contributed by atoms with Gasteiger partial charge in [-0.25, -0.2) is 0 Å². The van der Waals surface area contributed by atoms with Crippen molar-refractivity contribution >= 4 is 19.8 Å². The fourth-order valence-electron chi connectivity index (χ4n) is 9.42. The highest BCUT2D eigenvalue weighted by molar-refractivity contribution is 7.45. The van der Waals surface area contributed by atoms with Crippen LogP contribution in [-0.4, -0.2) is 70.0 Å². The Labute approximate surface area is 471 Å². The lowest BCUT2D eigenvalue weighted by Crippen LogP contribution is -2.37. The van der Waals surface area contributed by atoms with Crippen LogP contribution in [0, 0.1) is 0 Å². The van der Waals surface area contributed by atoms with E-state index in [1.807, 2.05) is 21.1 Å². The van der Waals surface area contributed by atoms with Crippen LogP contribution in [-0.2, 0) is 32.7 Å². The molecular formula is C66H124NO8P.